The topological polar surface area (TPSA) is 66.6 Å². The van der Waals surface area contributed by atoms with Crippen LogP contribution in [0.5, 0.6) is 0 Å². The maximum absolute atomic E-state index is 12.5. The summed E-state index contributed by atoms with van der Waals surface area (Å²) >= 11 is 0. The third-order valence-electron chi connectivity index (χ3n) is 3.61. The number of aliphatic hydroxyl groups is 1. The van der Waals surface area contributed by atoms with Crippen molar-refractivity contribution < 1.29 is 9.90 Å². The molecule has 1 heterocycles. The number of carbonyl (C=O) groups excluding carboxylic acids is 1. The highest BCUT2D eigenvalue weighted by Crippen LogP contribution is 2.24. The number of nitrogens with two attached hydrogens (primary N) is 1. The molecule has 4 nitrogen and oxygen atoms in total. The summed E-state index contributed by atoms with van der Waals surface area (Å²) in [5, 5.41) is 9.29. The molecule has 0 radical (unpaired) electrons. The van der Waals surface area contributed by atoms with Gasteiger partial charge in [-0.3, -0.25) is 4.79 Å². The molecule has 0 bridgehead atoms. The molecule has 0 spiro atoms. The summed E-state index contributed by atoms with van der Waals surface area (Å²) in [6.45, 7) is 1.07. The van der Waals surface area contributed by atoms with E-state index in [0.29, 0.717) is 6.54 Å². The molecule has 1 aromatic carbocycles. The van der Waals surface area contributed by atoms with Gasteiger partial charge < -0.3 is 15.7 Å². The number of hydrogen-bond donors (Lipinski definition) is 2. The molecule has 1 aliphatic rings. The van der Waals surface area contributed by atoms with E-state index in [4.69, 9.17) is 5.73 Å². The lowest BCUT2D eigenvalue weighted by atomic mass is 9.97. The van der Waals surface area contributed by atoms with Gasteiger partial charge >= 0.3 is 0 Å². The van der Waals surface area contributed by atoms with E-state index in [2.05, 4.69) is 0 Å². The van der Waals surface area contributed by atoms with Gasteiger partial charge in [0.2, 0.25) is 5.91 Å². The monoisotopic (exact) mass is 248 g/mol. The Bertz CT molecular complexity index is 394. The predicted molar refractivity (Wildman–Crippen MR) is 70.1 cm³/mol. The number of likely N-dealkylation sites (tertiary alicyclic amines) is 1. The van der Waals surface area contributed by atoms with Gasteiger partial charge in [-0.05, 0) is 18.4 Å². The minimum Gasteiger partial charge on any atom is -0.394 e. The van der Waals surface area contributed by atoms with Crippen molar-refractivity contribution in [3.8, 4) is 0 Å². The molecule has 1 fully saturated rings. The maximum Gasteiger partial charge on any atom is 0.231 e. The van der Waals surface area contributed by atoms with Crippen LogP contribution in [0.3, 0.4) is 0 Å². The zero-order chi connectivity index (χ0) is 13.0. The number of carbonyl (C=O) groups is 1. The Hall–Kier alpha value is -1.39. The van der Waals surface area contributed by atoms with Crippen LogP contribution < -0.4 is 5.73 Å². The first-order valence-corrected chi connectivity index (χ1v) is 6.44. The SMILES string of the molecule is NCC(C(=O)N1CCC[C@H]1CO)c1ccccc1. The number of amides is 1. The van der Waals surface area contributed by atoms with E-state index in [0.717, 1.165) is 24.9 Å². The van der Waals surface area contributed by atoms with Crippen LogP contribution in [0, 0.1) is 0 Å². The van der Waals surface area contributed by atoms with Crippen molar-refractivity contribution in [3.05, 3.63) is 35.9 Å². The lowest BCUT2D eigenvalue weighted by Crippen LogP contribution is -2.42. The van der Waals surface area contributed by atoms with E-state index in [9.17, 15) is 9.90 Å². The molecule has 18 heavy (non-hydrogen) atoms. The molecule has 98 valence electrons. The molecule has 0 saturated carbocycles. The standard InChI is InChI=1S/C14H20N2O2/c15-9-13(11-5-2-1-3-6-11)14(18)16-8-4-7-12(16)10-17/h1-3,5-6,12-13,17H,4,7-10,15H2/t12-,13?/m0/s1. The highest BCUT2D eigenvalue weighted by molar-refractivity contribution is 5.84. The molecule has 1 aliphatic heterocycles. The van der Waals surface area contributed by atoms with Crippen molar-refractivity contribution in [2.75, 3.05) is 19.7 Å². The second kappa shape index (κ2) is 5.98. The van der Waals surface area contributed by atoms with Gasteiger partial charge in [0.05, 0.1) is 18.6 Å². The lowest BCUT2D eigenvalue weighted by Gasteiger charge is -2.27. The average Bonchev–Trinajstić information content (AvgIpc) is 2.89. The summed E-state index contributed by atoms with van der Waals surface area (Å²) < 4.78 is 0. The molecular formula is C14H20N2O2. The van der Waals surface area contributed by atoms with Gasteiger partial charge in [0.15, 0.2) is 0 Å². The quantitative estimate of drug-likeness (QED) is 0.824. The highest BCUT2D eigenvalue weighted by Gasteiger charge is 2.32. The Balaban J connectivity index is 2.15. The average molecular weight is 248 g/mol. The Kier molecular flexibility index (Phi) is 4.33. The van der Waals surface area contributed by atoms with Crippen molar-refractivity contribution in [2.24, 2.45) is 5.73 Å². The van der Waals surface area contributed by atoms with E-state index >= 15 is 0 Å². The minimum atomic E-state index is -0.293. The summed E-state index contributed by atoms with van der Waals surface area (Å²) in [4.78, 5) is 14.3. The van der Waals surface area contributed by atoms with Crippen LogP contribution in [-0.2, 0) is 4.79 Å². The largest absolute Gasteiger partial charge is 0.394 e. The minimum absolute atomic E-state index is 0.0322. The van der Waals surface area contributed by atoms with Gasteiger partial charge in [-0.15, -0.1) is 0 Å². The molecule has 0 aromatic heterocycles. The first-order valence-electron chi connectivity index (χ1n) is 6.44. The fourth-order valence-electron chi connectivity index (χ4n) is 2.58. The van der Waals surface area contributed by atoms with Crippen LogP contribution >= 0.6 is 0 Å². The van der Waals surface area contributed by atoms with Crippen molar-refractivity contribution >= 4 is 5.91 Å². The van der Waals surface area contributed by atoms with Gasteiger partial charge in [0, 0.05) is 13.1 Å². The van der Waals surface area contributed by atoms with Crippen LogP contribution in [0.1, 0.15) is 24.3 Å². The second-order valence-electron chi connectivity index (χ2n) is 4.71. The Labute approximate surface area is 107 Å². The predicted octanol–water partition coefficient (Wildman–Crippen LogP) is 0.712. The number of hydrogen-bond acceptors (Lipinski definition) is 3. The number of nitrogens with zero attached hydrogens (tertiary/aromatic N) is 1. The molecule has 2 atom stereocenters. The van der Waals surface area contributed by atoms with Crippen molar-refractivity contribution in [1.29, 1.82) is 0 Å². The fourth-order valence-corrected chi connectivity index (χ4v) is 2.58. The van der Waals surface area contributed by atoms with E-state index < -0.39 is 0 Å². The first-order chi connectivity index (χ1) is 8.77. The van der Waals surface area contributed by atoms with Crippen molar-refractivity contribution in [3.63, 3.8) is 0 Å². The van der Waals surface area contributed by atoms with Crippen LogP contribution in [0.2, 0.25) is 0 Å². The molecule has 1 amide bonds. The zero-order valence-corrected chi connectivity index (χ0v) is 10.5. The van der Waals surface area contributed by atoms with Gasteiger partial charge in [0.1, 0.15) is 0 Å². The lowest BCUT2D eigenvalue weighted by molar-refractivity contribution is -0.134. The van der Waals surface area contributed by atoms with E-state index in [1.54, 1.807) is 4.90 Å². The van der Waals surface area contributed by atoms with Crippen molar-refractivity contribution in [1.82, 2.24) is 4.90 Å². The van der Waals surface area contributed by atoms with Crippen LogP contribution in [0.4, 0.5) is 0 Å². The smallest absolute Gasteiger partial charge is 0.231 e. The summed E-state index contributed by atoms with van der Waals surface area (Å²) in [6, 6.07) is 9.58. The Morgan fingerprint density at radius 1 is 1.44 bits per heavy atom. The van der Waals surface area contributed by atoms with Gasteiger partial charge in [-0.1, -0.05) is 30.3 Å². The molecule has 1 saturated heterocycles. The summed E-state index contributed by atoms with van der Waals surface area (Å²) in [5.41, 5.74) is 6.70. The van der Waals surface area contributed by atoms with Gasteiger partial charge in [-0.25, -0.2) is 0 Å². The normalized spacial score (nSPS) is 21.0. The second-order valence-corrected chi connectivity index (χ2v) is 4.71. The molecule has 2 rings (SSSR count). The van der Waals surface area contributed by atoms with Crippen LogP contribution in [0.15, 0.2) is 30.3 Å². The molecule has 3 N–H and O–H groups in total. The zero-order valence-electron chi connectivity index (χ0n) is 10.5. The molecule has 0 aliphatic carbocycles. The van der Waals surface area contributed by atoms with E-state index in [1.807, 2.05) is 30.3 Å². The highest BCUT2D eigenvalue weighted by atomic mass is 16.3. The van der Waals surface area contributed by atoms with E-state index in [-0.39, 0.29) is 24.5 Å². The number of aliphatic hydroxyl groups excluding tert-OH is 1. The van der Waals surface area contributed by atoms with Crippen LogP contribution in [-0.4, -0.2) is 41.7 Å². The number of rotatable bonds is 4. The third-order valence-corrected chi connectivity index (χ3v) is 3.61. The Morgan fingerprint density at radius 2 is 2.17 bits per heavy atom. The fraction of sp³-hybridized carbons (Fsp3) is 0.500. The van der Waals surface area contributed by atoms with Crippen LogP contribution in [0.25, 0.3) is 0 Å². The molecule has 1 aromatic rings. The maximum atomic E-state index is 12.5. The molecule has 1 unspecified atom stereocenters. The Morgan fingerprint density at radius 3 is 2.78 bits per heavy atom. The van der Waals surface area contributed by atoms with E-state index in [1.165, 1.54) is 0 Å². The van der Waals surface area contributed by atoms with Gasteiger partial charge in [0.25, 0.3) is 0 Å². The summed E-state index contributed by atoms with van der Waals surface area (Å²) in [6.07, 6.45) is 1.84. The number of benzene rings is 1. The first kappa shape index (κ1) is 13.1. The summed E-state index contributed by atoms with van der Waals surface area (Å²) in [7, 11) is 0. The summed E-state index contributed by atoms with van der Waals surface area (Å²) in [5.74, 6) is -0.251. The molecular weight excluding hydrogens is 228 g/mol. The van der Waals surface area contributed by atoms with Crippen molar-refractivity contribution in [2.45, 2.75) is 24.8 Å². The third kappa shape index (κ3) is 2.54. The van der Waals surface area contributed by atoms with Gasteiger partial charge in [-0.2, -0.15) is 0 Å². The molecule has 4 heteroatoms.